The number of aromatic amines is 1. The number of halogens is 2. The van der Waals surface area contributed by atoms with Crippen LogP contribution in [-0.2, 0) is 6.54 Å². The average Bonchev–Trinajstić information content (AvgIpc) is 2.86. The van der Waals surface area contributed by atoms with Crippen LogP contribution in [0.2, 0.25) is 10.0 Å². The predicted octanol–water partition coefficient (Wildman–Crippen LogP) is 3.56. The summed E-state index contributed by atoms with van der Waals surface area (Å²) in [5, 5.41) is 1.47. The van der Waals surface area contributed by atoms with Crippen molar-refractivity contribution in [1.82, 2.24) is 19.5 Å². The highest BCUT2D eigenvalue weighted by Crippen LogP contribution is 2.24. The van der Waals surface area contributed by atoms with Gasteiger partial charge in [-0.25, -0.2) is 14.8 Å². The summed E-state index contributed by atoms with van der Waals surface area (Å²) in [6.45, 7) is 2.38. The Morgan fingerprint density at radius 3 is 2.79 bits per heavy atom. The van der Waals surface area contributed by atoms with Crippen molar-refractivity contribution in [2.75, 3.05) is 11.5 Å². The zero-order chi connectivity index (χ0) is 17.3. The van der Waals surface area contributed by atoms with E-state index in [0.29, 0.717) is 32.9 Å². The molecule has 6 nitrogen and oxygen atoms in total. The number of thioether (sulfide) groups is 1. The fourth-order valence-electron chi connectivity index (χ4n) is 2.26. The molecule has 1 aromatic carbocycles. The number of hydrogen-bond acceptors (Lipinski definition) is 5. The highest BCUT2D eigenvalue weighted by atomic mass is 35.5. The lowest BCUT2D eigenvalue weighted by Gasteiger charge is -2.06. The molecular weight excluding hydrogens is 369 g/mol. The minimum absolute atomic E-state index is 0.267. The molecule has 9 heteroatoms. The minimum Gasteiger partial charge on any atom is -0.382 e. The van der Waals surface area contributed by atoms with Crippen LogP contribution in [0.5, 0.6) is 0 Å². The molecule has 3 rings (SSSR count). The number of anilines is 1. The summed E-state index contributed by atoms with van der Waals surface area (Å²) in [4.78, 5) is 23.7. The second-order valence-electron chi connectivity index (χ2n) is 5.20. The number of fused-ring (bicyclic) bond motifs is 1. The fourth-order valence-corrected chi connectivity index (χ4v) is 3.28. The smallest absolute Gasteiger partial charge is 0.328 e. The lowest BCUT2D eigenvalue weighted by molar-refractivity contribution is 0.771. The van der Waals surface area contributed by atoms with E-state index in [1.54, 1.807) is 12.1 Å². The molecule has 0 atom stereocenters. The van der Waals surface area contributed by atoms with Crippen molar-refractivity contribution in [3.8, 4) is 0 Å². The molecule has 126 valence electrons. The number of aromatic nitrogens is 4. The topological polar surface area (TPSA) is 89.6 Å². The van der Waals surface area contributed by atoms with E-state index in [0.717, 1.165) is 17.7 Å². The van der Waals surface area contributed by atoms with Crippen molar-refractivity contribution in [2.24, 2.45) is 0 Å². The molecule has 0 aliphatic rings. The molecule has 0 unspecified atom stereocenters. The number of rotatable bonds is 5. The standard InChI is InChI=1S/C15H15Cl2N5OS/c1-2-5-24-14-20-12(18)11-13(21-14)22(15(23)19-11)7-8-3-4-9(16)10(17)6-8/h3-4,6H,2,5,7H2,1H3,(H,19,23)(H2,18,20,21). The van der Waals surface area contributed by atoms with Gasteiger partial charge in [0.15, 0.2) is 16.6 Å². The van der Waals surface area contributed by atoms with Crippen LogP contribution in [0, 0.1) is 0 Å². The fraction of sp³-hybridized carbons (Fsp3) is 0.267. The normalized spacial score (nSPS) is 11.3. The van der Waals surface area contributed by atoms with Gasteiger partial charge in [-0.2, -0.15) is 0 Å². The number of H-pyrrole nitrogens is 1. The molecule has 3 aromatic rings. The molecule has 24 heavy (non-hydrogen) atoms. The highest BCUT2D eigenvalue weighted by Gasteiger charge is 2.14. The Morgan fingerprint density at radius 2 is 2.08 bits per heavy atom. The number of nitrogens with zero attached hydrogens (tertiary/aromatic N) is 3. The molecule has 3 N–H and O–H groups in total. The Kier molecular flexibility index (Phi) is 5.03. The first-order valence-electron chi connectivity index (χ1n) is 7.32. The number of hydrogen-bond donors (Lipinski definition) is 2. The molecule has 0 spiro atoms. The number of nitrogen functional groups attached to an aromatic ring is 1. The maximum atomic E-state index is 12.3. The highest BCUT2D eigenvalue weighted by molar-refractivity contribution is 7.99. The predicted molar refractivity (Wildman–Crippen MR) is 99.1 cm³/mol. The molecule has 0 amide bonds. The van der Waals surface area contributed by atoms with E-state index < -0.39 is 0 Å². The van der Waals surface area contributed by atoms with Gasteiger partial charge in [0, 0.05) is 5.75 Å². The van der Waals surface area contributed by atoms with Gasteiger partial charge >= 0.3 is 5.69 Å². The molecule has 0 aliphatic carbocycles. The third-order valence-corrected chi connectivity index (χ3v) is 5.18. The molecule has 2 heterocycles. The van der Waals surface area contributed by atoms with Gasteiger partial charge < -0.3 is 10.7 Å². The lowest BCUT2D eigenvalue weighted by atomic mass is 10.2. The van der Waals surface area contributed by atoms with Crippen molar-refractivity contribution in [2.45, 2.75) is 25.0 Å². The van der Waals surface area contributed by atoms with Gasteiger partial charge in [-0.1, -0.05) is 48.0 Å². The second-order valence-corrected chi connectivity index (χ2v) is 7.08. The average molecular weight is 384 g/mol. The van der Waals surface area contributed by atoms with Gasteiger partial charge in [-0.3, -0.25) is 4.57 Å². The molecule has 0 saturated carbocycles. The monoisotopic (exact) mass is 383 g/mol. The summed E-state index contributed by atoms with van der Waals surface area (Å²) in [6.07, 6.45) is 0.995. The van der Waals surface area contributed by atoms with Gasteiger partial charge in [0.2, 0.25) is 0 Å². The van der Waals surface area contributed by atoms with Crippen LogP contribution in [0.15, 0.2) is 28.2 Å². The van der Waals surface area contributed by atoms with Crippen molar-refractivity contribution in [3.05, 3.63) is 44.3 Å². The summed E-state index contributed by atoms with van der Waals surface area (Å²) in [5.74, 6) is 1.15. The number of benzene rings is 1. The van der Waals surface area contributed by atoms with Crippen molar-refractivity contribution >= 4 is 51.9 Å². The summed E-state index contributed by atoms with van der Waals surface area (Å²) >= 11 is 13.5. The van der Waals surface area contributed by atoms with Crippen LogP contribution in [0.25, 0.3) is 11.2 Å². The first-order chi connectivity index (χ1) is 11.5. The number of nitrogens with two attached hydrogens (primary N) is 1. The third-order valence-electron chi connectivity index (χ3n) is 3.39. The summed E-state index contributed by atoms with van der Waals surface area (Å²) in [7, 11) is 0. The SMILES string of the molecule is CCCSc1nc(N)c2[nH]c(=O)n(Cc3ccc(Cl)c(Cl)c3)c2n1. The van der Waals surface area contributed by atoms with E-state index in [9.17, 15) is 4.79 Å². The molecule has 0 fully saturated rings. The summed E-state index contributed by atoms with van der Waals surface area (Å²) < 4.78 is 1.52. The van der Waals surface area contributed by atoms with Gasteiger partial charge in [0.05, 0.1) is 16.6 Å². The van der Waals surface area contributed by atoms with Crippen LogP contribution in [0.3, 0.4) is 0 Å². The maximum Gasteiger partial charge on any atom is 0.328 e. The van der Waals surface area contributed by atoms with Crippen LogP contribution in [0.4, 0.5) is 5.82 Å². The van der Waals surface area contributed by atoms with E-state index >= 15 is 0 Å². The summed E-state index contributed by atoms with van der Waals surface area (Å²) in [5.41, 5.74) is 7.43. The first kappa shape index (κ1) is 17.1. The molecule has 2 aromatic heterocycles. The van der Waals surface area contributed by atoms with E-state index in [4.69, 9.17) is 28.9 Å². The number of nitrogens with one attached hydrogen (secondary N) is 1. The Hall–Kier alpha value is -1.70. The maximum absolute atomic E-state index is 12.3. The van der Waals surface area contributed by atoms with Gasteiger partial charge in [0.25, 0.3) is 0 Å². The Balaban J connectivity index is 2.05. The van der Waals surface area contributed by atoms with E-state index in [1.165, 1.54) is 16.3 Å². The Morgan fingerprint density at radius 1 is 1.29 bits per heavy atom. The number of imidazole rings is 1. The largest absolute Gasteiger partial charge is 0.382 e. The molecular formula is C15H15Cl2N5OS. The van der Waals surface area contributed by atoms with Crippen LogP contribution in [-0.4, -0.2) is 25.3 Å². The van der Waals surface area contributed by atoms with Crippen molar-refractivity contribution < 1.29 is 0 Å². The Bertz CT molecular complexity index is 953. The second kappa shape index (κ2) is 7.04. The van der Waals surface area contributed by atoms with E-state index in [1.807, 2.05) is 6.07 Å². The zero-order valence-electron chi connectivity index (χ0n) is 12.8. The van der Waals surface area contributed by atoms with E-state index in [2.05, 4.69) is 21.9 Å². The van der Waals surface area contributed by atoms with Crippen molar-refractivity contribution in [3.63, 3.8) is 0 Å². The zero-order valence-corrected chi connectivity index (χ0v) is 15.2. The van der Waals surface area contributed by atoms with Gasteiger partial charge in [-0.05, 0) is 24.1 Å². The van der Waals surface area contributed by atoms with Gasteiger partial charge in [-0.15, -0.1) is 0 Å². The summed E-state index contributed by atoms with van der Waals surface area (Å²) in [6, 6.07) is 5.24. The molecule has 0 bridgehead atoms. The molecule has 0 radical (unpaired) electrons. The lowest BCUT2D eigenvalue weighted by Crippen LogP contribution is -2.17. The van der Waals surface area contributed by atoms with Crippen LogP contribution in [0.1, 0.15) is 18.9 Å². The van der Waals surface area contributed by atoms with Crippen LogP contribution >= 0.6 is 35.0 Å². The quantitative estimate of drug-likeness (QED) is 0.519. The first-order valence-corrected chi connectivity index (χ1v) is 9.06. The third kappa shape index (κ3) is 3.38. The van der Waals surface area contributed by atoms with Crippen molar-refractivity contribution in [1.29, 1.82) is 0 Å². The molecule has 0 saturated heterocycles. The molecule has 0 aliphatic heterocycles. The Labute approximate surface area is 152 Å². The van der Waals surface area contributed by atoms with Gasteiger partial charge in [0.1, 0.15) is 5.52 Å². The van der Waals surface area contributed by atoms with Crippen LogP contribution < -0.4 is 11.4 Å². The minimum atomic E-state index is -0.297. The van der Waals surface area contributed by atoms with E-state index in [-0.39, 0.29) is 11.5 Å².